The summed E-state index contributed by atoms with van der Waals surface area (Å²) in [5.74, 6) is 0.464. The molecule has 0 radical (unpaired) electrons. The summed E-state index contributed by atoms with van der Waals surface area (Å²) < 4.78 is 58.4. The highest BCUT2D eigenvalue weighted by atomic mass is 32.2. The van der Waals surface area contributed by atoms with Gasteiger partial charge in [-0.05, 0) is 23.6 Å². The van der Waals surface area contributed by atoms with Crippen molar-refractivity contribution in [2.75, 3.05) is 0 Å². The first kappa shape index (κ1) is 18.3. The molecule has 0 unspecified atom stereocenters. The van der Waals surface area contributed by atoms with Crippen molar-refractivity contribution in [2.45, 2.75) is 29.5 Å². The predicted molar refractivity (Wildman–Crippen MR) is 97.2 cm³/mol. The second-order valence-corrected chi connectivity index (χ2v) is 9.50. The zero-order valence-corrected chi connectivity index (χ0v) is 15.8. The fraction of sp³-hybridized carbons (Fsp3) is 0.278. The van der Waals surface area contributed by atoms with Gasteiger partial charge in [-0.15, -0.1) is 11.3 Å². The Hall–Kier alpha value is -2.10. The molecule has 1 aliphatic rings. The summed E-state index contributed by atoms with van der Waals surface area (Å²) in [5.41, 5.74) is 0.629. The number of hydrogen-bond acceptors (Lipinski definition) is 5. The average molecular weight is 410 g/mol. The van der Waals surface area contributed by atoms with E-state index in [1.807, 2.05) is 37.3 Å². The number of thiophene rings is 1. The molecule has 0 aliphatic heterocycles. The Morgan fingerprint density at radius 1 is 1.19 bits per heavy atom. The minimum absolute atomic E-state index is 0.110. The summed E-state index contributed by atoms with van der Waals surface area (Å²) in [5, 5.41) is 3.29. The number of alkyl halides is 2. The van der Waals surface area contributed by atoms with Crippen molar-refractivity contribution < 1.29 is 21.7 Å². The van der Waals surface area contributed by atoms with Crippen LogP contribution in [0.5, 0.6) is 0 Å². The Kier molecular flexibility index (Phi) is 4.61. The summed E-state index contributed by atoms with van der Waals surface area (Å²) in [7, 11) is -3.71. The van der Waals surface area contributed by atoms with Crippen molar-refractivity contribution in [2.24, 2.45) is 5.92 Å². The molecule has 1 fully saturated rings. The normalized spacial score (nSPS) is 22.3. The van der Waals surface area contributed by atoms with Crippen molar-refractivity contribution in [3.63, 3.8) is 0 Å². The highest BCUT2D eigenvalue weighted by Gasteiger charge is 2.49. The first-order valence-corrected chi connectivity index (χ1v) is 10.6. The topological polar surface area (TPSA) is 72.2 Å². The summed E-state index contributed by atoms with van der Waals surface area (Å²) in [6, 6.07) is 13.7. The van der Waals surface area contributed by atoms with Gasteiger partial charge in [0.25, 0.3) is 6.43 Å². The fourth-order valence-electron chi connectivity index (χ4n) is 3.17. The van der Waals surface area contributed by atoms with E-state index in [4.69, 9.17) is 4.52 Å². The lowest BCUT2D eigenvalue weighted by molar-refractivity contribution is 0.140. The molecule has 0 amide bonds. The van der Waals surface area contributed by atoms with Crippen LogP contribution in [0.2, 0.25) is 0 Å². The van der Waals surface area contributed by atoms with Gasteiger partial charge in [-0.3, -0.25) is 0 Å². The third-order valence-corrected chi connectivity index (χ3v) is 7.75. The van der Waals surface area contributed by atoms with Crippen LogP contribution in [0.25, 0.3) is 10.6 Å². The number of nitrogens with one attached hydrogen (secondary N) is 1. The Bertz CT molecular complexity index is 1050. The summed E-state index contributed by atoms with van der Waals surface area (Å²) in [4.78, 5) is 0.429. The van der Waals surface area contributed by atoms with Crippen LogP contribution in [-0.4, -0.2) is 19.6 Å². The van der Waals surface area contributed by atoms with Crippen molar-refractivity contribution in [1.82, 2.24) is 9.88 Å². The van der Waals surface area contributed by atoms with Crippen molar-refractivity contribution in [3.05, 3.63) is 59.8 Å². The molecular weight excluding hydrogens is 394 g/mol. The number of benzene rings is 1. The molecule has 142 valence electrons. The molecule has 1 aliphatic carbocycles. The van der Waals surface area contributed by atoms with Gasteiger partial charge in [0.05, 0.1) is 4.88 Å². The van der Waals surface area contributed by atoms with Gasteiger partial charge in [0, 0.05) is 18.0 Å². The van der Waals surface area contributed by atoms with Crippen LogP contribution in [0.4, 0.5) is 8.78 Å². The molecule has 0 saturated heterocycles. The molecule has 1 N–H and O–H groups in total. The Labute approximate surface area is 159 Å². The number of aromatic nitrogens is 1. The van der Waals surface area contributed by atoms with Gasteiger partial charge >= 0.3 is 0 Å². The molecule has 2 heterocycles. The maximum absolute atomic E-state index is 12.7. The Morgan fingerprint density at radius 3 is 2.59 bits per heavy atom. The number of halogens is 2. The van der Waals surface area contributed by atoms with Crippen molar-refractivity contribution in [3.8, 4) is 10.6 Å². The van der Waals surface area contributed by atoms with Crippen LogP contribution in [0.15, 0.2) is 57.3 Å². The van der Waals surface area contributed by atoms with Crippen LogP contribution < -0.4 is 4.72 Å². The number of nitrogens with zero attached hydrogens (tertiary/aromatic N) is 1. The second-order valence-electron chi connectivity index (χ2n) is 6.48. The third-order valence-electron chi connectivity index (χ3n) is 4.70. The summed E-state index contributed by atoms with van der Waals surface area (Å²) >= 11 is 0.957. The molecule has 5 nitrogen and oxygen atoms in total. The van der Waals surface area contributed by atoms with E-state index in [2.05, 4.69) is 9.88 Å². The van der Waals surface area contributed by atoms with Crippen LogP contribution in [0.3, 0.4) is 0 Å². The Balaban J connectivity index is 1.51. The molecule has 3 aromatic rings. The zero-order chi connectivity index (χ0) is 19.2. The molecule has 9 heteroatoms. The van der Waals surface area contributed by atoms with Gasteiger partial charge in [-0.2, -0.15) is 0 Å². The SMILES string of the molecule is C[C@H]1[C@H](NS(=O)(=O)c2ccc(-c3cc(C(F)F)no3)s2)[C@H]1c1ccccc1. The molecule has 3 atom stereocenters. The van der Waals surface area contributed by atoms with E-state index >= 15 is 0 Å². The fourth-order valence-corrected chi connectivity index (χ4v) is 5.79. The van der Waals surface area contributed by atoms with Gasteiger partial charge in [0.1, 0.15) is 9.90 Å². The lowest BCUT2D eigenvalue weighted by atomic mass is 10.1. The van der Waals surface area contributed by atoms with Crippen LogP contribution in [0, 0.1) is 5.92 Å². The molecule has 0 bridgehead atoms. The molecule has 2 aromatic heterocycles. The molecule has 27 heavy (non-hydrogen) atoms. The smallest absolute Gasteiger partial charge is 0.283 e. The van der Waals surface area contributed by atoms with E-state index in [0.717, 1.165) is 23.0 Å². The van der Waals surface area contributed by atoms with Crippen LogP contribution in [0.1, 0.15) is 30.5 Å². The number of sulfonamides is 1. The molecule has 0 spiro atoms. The van der Waals surface area contributed by atoms with E-state index in [1.165, 1.54) is 12.1 Å². The maximum Gasteiger partial charge on any atom is 0.283 e. The van der Waals surface area contributed by atoms with Crippen molar-refractivity contribution in [1.29, 1.82) is 0 Å². The summed E-state index contributed by atoms with van der Waals surface area (Å²) in [6.45, 7) is 2.01. The highest BCUT2D eigenvalue weighted by Crippen LogP contribution is 2.48. The largest absolute Gasteiger partial charge is 0.355 e. The van der Waals surface area contributed by atoms with Gasteiger partial charge in [-0.1, -0.05) is 42.4 Å². The molecule has 1 aromatic carbocycles. The average Bonchev–Trinajstić information content (AvgIpc) is 3.10. The second kappa shape index (κ2) is 6.81. The van der Waals surface area contributed by atoms with Gasteiger partial charge < -0.3 is 4.52 Å². The molecule has 1 saturated carbocycles. The van der Waals surface area contributed by atoms with E-state index in [1.54, 1.807) is 0 Å². The van der Waals surface area contributed by atoms with E-state index < -0.39 is 22.1 Å². The minimum atomic E-state index is -3.71. The first-order valence-electron chi connectivity index (χ1n) is 8.29. The number of rotatable bonds is 6. The third kappa shape index (κ3) is 3.54. The van der Waals surface area contributed by atoms with Gasteiger partial charge in [0.2, 0.25) is 10.0 Å². The quantitative estimate of drug-likeness (QED) is 0.653. The van der Waals surface area contributed by atoms with Gasteiger partial charge in [0.15, 0.2) is 5.76 Å². The molecule has 4 rings (SSSR count). The maximum atomic E-state index is 12.7. The standard InChI is InChI=1S/C18H16F2N2O3S2/c1-10-16(11-5-3-2-4-6-11)17(10)22-27(23,24)15-8-7-14(26-15)13-9-12(18(19)20)21-25-13/h2-10,16-18,22H,1H3/t10-,16-,17+/m1/s1. The predicted octanol–water partition coefficient (Wildman–Crippen LogP) is 4.42. The van der Waals surface area contributed by atoms with Gasteiger partial charge in [-0.25, -0.2) is 21.9 Å². The summed E-state index contributed by atoms with van der Waals surface area (Å²) in [6.07, 6.45) is -2.74. The van der Waals surface area contributed by atoms with Crippen LogP contribution >= 0.6 is 11.3 Å². The lowest BCUT2D eigenvalue weighted by Gasteiger charge is -2.04. The van der Waals surface area contributed by atoms with E-state index in [9.17, 15) is 17.2 Å². The lowest BCUT2D eigenvalue weighted by Crippen LogP contribution is -2.27. The van der Waals surface area contributed by atoms with Crippen LogP contribution in [-0.2, 0) is 10.0 Å². The minimum Gasteiger partial charge on any atom is -0.355 e. The molecular formula is C18H16F2N2O3S2. The monoisotopic (exact) mass is 410 g/mol. The number of hydrogen-bond donors (Lipinski definition) is 1. The van der Waals surface area contributed by atoms with E-state index in [0.29, 0.717) is 4.88 Å². The zero-order valence-electron chi connectivity index (χ0n) is 14.2. The van der Waals surface area contributed by atoms with E-state index in [-0.39, 0.29) is 27.8 Å². The first-order chi connectivity index (χ1) is 12.9. The van der Waals surface area contributed by atoms with Crippen molar-refractivity contribution >= 4 is 21.4 Å². The highest BCUT2D eigenvalue weighted by molar-refractivity contribution is 7.91. The Morgan fingerprint density at radius 2 is 1.93 bits per heavy atom.